The standard InChI is InChI=1S/C21H23N3OS/c1-16-8-10-17(11-9-16)21(19-7-5-13-26-19)23-20(25)15-24(2)14-18-6-3-4-12-22-18/h3-13,21H,14-15H2,1-2H3,(H,23,25). The van der Waals surface area contributed by atoms with E-state index in [1.165, 1.54) is 5.56 Å². The Balaban J connectivity index is 1.66. The summed E-state index contributed by atoms with van der Waals surface area (Å²) in [4.78, 5) is 20.0. The zero-order chi connectivity index (χ0) is 18.4. The summed E-state index contributed by atoms with van der Waals surface area (Å²) in [6.07, 6.45) is 1.77. The van der Waals surface area contributed by atoms with Gasteiger partial charge < -0.3 is 5.32 Å². The molecule has 3 rings (SSSR count). The fourth-order valence-electron chi connectivity index (χ4n) is 2.81. The van der Waals surface area contributed by atoms with E-state index in [0.717, 1.165) is 16.1 Å². The van der Waals surface area contributed by atoms with Crippen LogP contribution in [0.5, 0.6) is 0 Å². The van der Waals surface area contributed by atoms with Crippen LogP contribution in [0.15, 0.2) is 66.2 Å². The number of benzene rings is 1. The smallest absolute Gasteiger partial charge is 0.234 e. The molecule has 3 aromatic rings. The minimum atomic E-state index is -0.119. The summed E-state index contributed by atoms with van der Waals surface area (Å²) in [5.74, 6) is 0.00223. The first-order chi connectivity index (χ1) is 12.6. The Labute approximate surface area is 158 Å². The predicted molar refractivity (Wildman–Crippen MR) is 106 cm³/mol. The lowest BCUT2D eigenvalue weighted by Gasteiger charge is -2.21. The van der Waals surface area contributed by atoms with Crippen LogP contribution in [0.4, 0.5) is 0 Å². The van der Waals surface area contributed by atoms with Crippen molar-refractivity contribution in [1.82, 2.24) is 15.2 Å². The second kappa shape index (κ2) is 8.74. The number of hydrogen-bond donors (Lipinski definition) is 1. The van der Waals surface area contributed by atoms with Crippen molar-refractivity contribution in [3.8, 4) is 0 Å². The number of pyridine rings is 1. The summed E-state index contributed by atoms with van der Waals surface area (Å²) < 4.78 is 0. The lowest BCUT2D eigenvalue weighted by atomic mass is 10.0. The lowest BCUT2D eigenvalue weighted by molar-refractivity contribution is -0.122. The molecule has 5 heteroatoms. The number of nitrogens with one attached hydrogen (secondary N) is 1. The summed E-state index contributed by atoms with van der Waals surface area (Å²) in [6, 6.07) is 18.1. The summed E-state index contributed by atoms with van der Waals surface area (Å²) >= 11 is 1.66. The number of carbonyl (C=O) groups excluding carboxylic acids is 1. The van der Waals surface area contributed by atoms with E-state index in [0.29, 0.717) is 13.1 Å². The van der Waals surface area contributed by atoms with Crippen molar-refractivity contribution >= 4 is 17.2 Å². The molecule has 1 unspecified atom stereocenters. The van der Waals surface area contributed by atoms with Crippen LogP contribution in [0.25, 0.3) is 0 Å². The average Bonchev–Trinajstić information content (AvgIpc) is 3.15. The van der Waals surface area contributed by atoms with Crippen molar-refractivity contribution in [3.05, 3.63) is 87.9 Å². The van der Waals surface area contributed by atoms with Crippen molar-refractivity contribution in [2.45, 2.75) is 19.5 Å². The van der Waals surface area contributed by atoms with Crippen molar-refractivity contribution in [2.75, 3.05) is 13.6 Å². The molecule has 4 nitrogen and oxygen atoms in total. The average molecular weight is 366 g/mol. The number of likely N-dealkylation sites (N-methyl/N-ethyl adjacent to an activating group) is 1. The summed E-state index contributed by atoms with van der Waals surface area (Å²) in [7, 11) is 1.93. The van der Waals surface area contributed by atoms with Crippen LogP contribution in [0.2, 0.25) is 0 Å². The zero-order valence-electron chi connectivity index (χ0n) is 15.1. The SMILES string of the molecule is Cc1ccc(C(NC(=O)CN(C)Cc2ccccn2)c2cccs2)cc1. The van der Waals surface area contributed by atoms with Crippen LogP contribution in [-0.4, -0.2) is 29.4 Å². The molecule has 0 aliphatic carbocycles. The topological polar surface area (TPSA) is 45.2 Å². The Morgan fingerprint density at radius 2 is 1.96 bits per heavy atom. The number of hydrogen-bond acceptors (Lipinski definition) is 4. The molecule has 0 saturated carbocycles. The molecular weight excluding hydrogens is 342 g/mol. The highest BCUT2D eigenvalue weighted by Gasteiger charge is 2.18. The molecule has 1 aromatic carbocycles. The maximum absolute atomic E-state index is 12.6. The first-order valence-corrected chi connectivity index (χ1v) is 9.47. The van der Waals surface area contributed by atoms with Gasteiger partial charge in [-0.25, -0.2) is 0 Å². The van der Waals surface area contributed by atoms with Gasteiger partial charge in [0.15, 0.2) is 0 Å². The van der Waals surface area contributed by atoms with Gasteiger partial charge in [-0.2, -0.15) is 0 Å². The number of carbonyl (C=O) groups is 1. The van der Waals surface area contributed by atoms with E-state index >= 15 is 0 Å². The molecule has 0 radical (unpaired) electrons. The van der Waals surface area contributed by atoms with Gasteiger partial charge in [-0.15, -0.1) is 11.3 Å². The minimum absolute atomic E-state index is 0.00223. The molecule has 0 aliphatic heterocycles. The largest absolute Gasteiger partial charge is 0.343 e. The molecule has 1 N–H and O–H groups in total. The molecular formula is C21H23N3OS. The molecule has 0 bridgehead atoms. The second-order valence-corrected chi connectivity index (χ2v) is 7.40. The third kappa shape index (κ3) is 5.00. The van der Waals surface area contributed by atoms with E-state index in [1.54, 1.807) is 17.5 Å². The molecule has 0 aliphatic rings. The monoisotopic (exact) mass is 365 g/mol. The lowest BCUT2D eigenvalue weighted by Crippen LogP contribution is -2.37. The summed E-state index contributed by atoms with van der Waals surface area (Å²) in [6.45, 7) is 3.03. The number of nitrogens with zero attached hydrogens (tertiary/aromatic N) is 2. The van der Waals surface area contributed by atoms with Gasteiger partial charge in [0.05, 0.1) is 18.3 Å². The van der Waals surface area contributed by atoms with E-state index in [4.69, 9.17) is 0 Å². The number of aromatic nitrogens is 1. The Hall–Kier alpha value is -2.50. The number of amides is 1. The molecule has 134 valence electrons. The fourth-order valence-corrected chi connectivity index (χ4v) is 3.61. The maximum Gasteiger partial charge on any atom is 0.234 e. The third-order valence-electron chi connectivity index (χ3n) is 4.12. The Morgan fingerprint density at radius 3 is 2.62 bits per heavy atom. The van der Waals surface area contributed by atoms with E-state index in [1.807, 2.05) is 41.6 Å². The quantitative estimate of drug-likeness (QED) is 0.693. The molecule has 2 aromatic heterocycles. The Kier molecular flexibility index (Phi) is 6.15. The van der Waals surface area contributed by atoms with Crippen LogP contribution >= 0.6 is 11.3 Å². The normalized spacial score (nSPS) is 12.1. The van der Waals surface area contributed by atoms with E-state index in [2.05, 4.69) is 47.6 Å². The highest BCUT2D eigenvalue weighted by molar-refractivity contribution is 7.10. The Morgan fingerprint density at radius 1 is 1.15 bits per heavy atom. The van der Waals surface area contributed by atoms with Gasteiger partial charge in [0.2, 0.25) is 5.91 Å². The molecule has 0 spiro atoms. The second-order valence-electron chi connectivity index (χ2n) is 6.42. The molecule has 1 atom stereocenters. The van der Waals surface area contributed by atoms with Crippen LogP contribution in [0.3, 0.4) is 0 Å². The van der Waals surface area contributed by atoms with E-state index in [-0.39, 0.29) is 11.9 Å². The molecule has 1 amide bonds. The van der Waals surface area contributed by atoms with Gasteiger partial charge in [0, 0.05) is 17.6 Å². The highest BCUT2D eigenvalue weighted by Crippen LogP contribution is 2.26. The van der Waals surface area contributed by atoms with Crippen molar-refractivity contribution in [3.63, 3.8) is 0 Å². The molecule has 2 heterocycles. The highest BCUT2D eigenvalue weighted by atomic mass is 32.1. The summed E-state index contributed by atoms with van der Waals surface area (Å²) in [5.41, 5.74) is 3.26. The van der Waals surface area contributed by atoms with Crippen molar-refractivity contribution in [2.24, 2.45) is 0 Å². The van der Waals surface area contributed by atoms with Gasteiger partial charge in [-0.3, -0.25) is 14.7 Å². The number of thiophene rings is 1. The predicted octanol–water partition coefficient (Wildman–Crippen LogP) is 3.79. The van der Waals surface area contributed by atoms with Crippen LogP contribution < -0.4 is 5.32 Å². The fraction of sp³-hybridized carbons (Fsp3) is 0.238. The third-order valence-corrected chi connectivity index (χ3v) is 5.05. The molecule has 0 fully saturated rings. The molecule has 0 saturated heterocycles. The van der Waals surface area contributed by atoms with E-state index < -0.39 is 0 Å². The van der Waals surface area contributed by atoms with Gasteiger partial charge in [0.25, 0.3) is 0 Å². The van der Waals surface area contributed by atoms with E-state index in [9.17, 15) is 4.79 Å². The van der Waals surface area contributed by atoms with Crippen LogP contribution in [0, 0.1) is 6.92 Å². The zero-order valence-corrected chi connectivity index (χ0v) is 15.9. The van der Waals surface area contributed by atoms with Gasteiger partial charge in [-0.05, 0) is 43.1 Å². The molecule has 26 heavy (non-hydrogen) atoms. The van der Waals surface area contributed by atoms with Crippen molar-refractivity contribution < 1.29 is 4.79 Å². The van der Waals surface area contributed by atoms with Crippen LogP contribution in [0.1, 0.15) is 27.7 Å². The van der Waals surface area contributed by atoms with Gasteiger partial charge in [-0.1, -0.05) is 42.0 Å². The Bertz CT molecular complexity index is 816. The maximum atomic E-state index is 12.6. The van der Waals surface area contributed by atoms with Crippen molar-refractivity contribution in [1.29, 1.82) is 0 Å². The number of rotatable bonds is 7. The number of aryl methyl sites for hydroxylation is 1. The minimum Gasteiger partial charge on any atom is -0.343 e. The first kappa shape index (κ1) is 18.3. The van der Waals surface area contributed by atoms with Crippen LogP contribution in [-0.2, 0) is 11.3 Å². The summed E-state index contributed by atoms with van der Waals surface area (Å²) in [5, 5.41) is 5.22. The van der Waals surface area contributed by atoms with Gasteiger partial charge >= 0.3 is 0 Å². The first-order valence-electron chi connectivity index (χ1n) is 8.59. The van der Waals surface area contributed by atoms with Gasteiger partial charge in [0.1, 0.15) is 0 Å².